The lowest BCUT2D eigenvalue weighted by atomic mass is 10.0. The SMILES string of the molecule is O=c1[nH]c2ccccc2cc1-c1ccccc1F. The number of nitrogens with one attached hydrogen (secondary N) is 1. The Morgan fingerprint density at radius 3 is 2.44 bits per heavy atom. The molecule has 0 radical (unpaired) electrons. The van der Waals surface area contributed by atoms with Crippen LogP contribution in [0.25, 0.3) is 22.0 Å². The lowest BCUT2D eigenvalue weighted by Crippen LogP contribution is -2.09. The number of fused-ring (bicyclic) bond motifs is 1. The fraction of sp³-hybridized carbons (Fsp3) is 0. The molecule has 1 N–H and O–H groups in total. The van der Waals surface area contributed by atoms with E-state index in [2.05, 4.69) is 4.98 Å². The highest BCUT2D eigenvalue weighted by molar-refractivity contribution is 5.83. The Morgan fingerprint density at radius 1 is 0.889 bits per heavy atom. The molecule has 0 bridgehead atoms. The normalized spacial score (nSPS) is 10.7. The van der Waals surface area contributed by atoms with Crippen LogP contribution in [0.4, 0.5) is 4.39 Å². The van der Waals surface area contributed by atoms with E-state index < -0.39 is 5.82 Å². The predicted molar refractivity (Wildman–Crippen MR) is 70.0 cm³/mol. The summed E-state index contributed by atoms with van der Waals surface area (Å²) in [4.78, 5) is 14.7. The molecule has 0 aliphatic heterocycles. The number of hydrogen-bond donors (Lipinski definition) is 1. The molecule has 0 atom stereocenters. The number of benzene rings is 2. The zero-order valence-electron chi connectivity index (χ0n) is 9.48. The molecule has 0 fully saturated rings. The molecule has 3 heteroatoms. The molecule has 0 saturated carbocycles. The number of para-hydroxylation sites is 1. The Balaban J connectivity index is 2.33. The molecule has 0 amide bonds. The smallest absolute Gasteiger partial charge is 0.256 e. The molecule has 0 unspecified atom stereocenters. The Hall–Kier alpha value is -2.42. The van der Waals surface area contributed by atoms with Crippen LogP contribution in [-0.4, -0.2) is 4.98 Å². The highest BCUT2D eigenvalue weighted by atomic mass is 19.1. The van der Waals surface area contributed by atoms with E-state index in [0.717, 1.165) is 10.9 Å². The van der Waals surface area contributed by atoms with Crippen molar-refractivity contribution in [1.82, 2.24) is 4.98 Å². The molecule has 0 aliphatic carbocycles. The van der Waals surface area contributed by atoms with Gasteiger partial charge in [-0.15, -0.1) is 0 Å². The number of halogens is 1. The standard InChI is InChI=1S/C15H10FNO/c16-13-7-3-2-6-11(13)12-9-10-5-1-4-8-14(10)17-15(12)18/h1-9H,(H,17,18). The summed E-state index contributed by atoms with van der Waals surface area (Å²) < 4.78 is 13.7. The van der Waals surface area contributed by atoms with Gasteiger partial charge in [-0.1, -0.05) is 36.4 Å². The van der Waals surface area contributed by atoms with Crippen molar-refractivity contribution in [3.8, 4) is 11.1 Å². The van der Waals surface area contributed by atoms with Crippen molar-refractivity contribution in [2.24, 2.45) is 0 Å². The second-order valence-corrected chi connectivity index (χ2v) is 4.08. The summed E-state index contributed by atoms with van der Waals surface area (Å²) in [5, 5.41) is 0.885. The van der Waals surface area contributed by atoms with Gasteiger partial charge in [0.25, 0.3) is 5.56 Å². The maximum absolute atomic E-state index is 13.7. The molecule has 0 spiro atoms. The first-order valence-corrected chi connectivity index (χ1v) is 5.63. The van der Waals surface area contributed by atoms with E-state index in [-0.39, 0.29) is 5.56 Å². The molecule has 3 aromatic rings. The first-order chi connectivity index (χ1) is 8.75. The number of rotatable bonds is 1. The predicted octanol–water partition coefficient (Wildman–Crippen LogP) is 3.33. The molecule has 1 heterocycles. The van der Waals surface area contributed by atoms with Crippen LogP contribution in [0.2, 0.25) is 0 Å². The average molecular weight is 239 g/mol. The number of aromatic nitrogens is 1. The minimum Gasteiger partial charge on any atom is -0.321 e. The fourth-order valence-electron chi connectivity index (χ4n) is 2.03. The molecule has 88 valence electrons. The van der Waals surface area contributed by atoms with Crippen LogP contribution in [0.5, 0.6) is 0 Å². The van der Waals surface area contributed by atoms with Crippen LogP contribution >= 0.6 is 0 Å². The van der Waals surface area contributed by atoms with Gasteiger partial charge in [-0.3, -0.25) is 4.79 Å². The van der Waals surface area contributed by atoms with Crippen LogP contribution in [-0.2, 0) is 0 Å². The van der Waals surface area contributed by atoms with Gasteiger partial charge in [-0.2, -0.15) is 0 Å². The molecule has 18 heavy (non-hydrogen) atoms. The van der Waals surface area contributed by atoms with Crippen LogP contribution in [0.3, 0.4) is 0 Å². The van der Waals surface area contributed by atoms with Crippen molar-refractivity contribution in [3.05, 3.63) is 70.8 Å². The van der Waals surface area contributed by atoms with Gasteiger partial charge in [0.15, 0.2) is 0 Å². The number of hydrogen-bond acceptors (Lipinski definition) is 1. The maximum Gasteiger partial charge on any atom is 0.256 e. The van der Waals surface area contributed by atoms with Crippen LogP contribution in [0, 0.1) is 5.82 Å². The number of aromatic amines is 1. The van der Waals surface area contributed by atoms with Gasteiger partial charge >= 0.3 is 0 Å². The van der Waals surface area contributed by atoms with Gasteiger partial charge in [0.1, 0.15) is 5.82 Å². The minimum absolute atomic E-state index is 0.279. The van der Waals surface area contributed by atoms with Gasteiger partial charge in [0.05, 0.1) is 5.56 Å². The molecular weight excluding hydrogens is 229 g/mol. The van der Waals surface area contributed by atoms with Crippen LogP contribution < -0.4 is 5.56 Å². The highest BCUT2D eigenvalue weighted by Gasteiger charge is 2.09. The summed E-state index contributed by atoms with van der Waals surface area (Å²) in [5.41, 5.74) is 1.15. The summed E-state index contributed by atoms with van der Waals surface area (Å²) in [7, 11) is 0. The topological polar surface area (TPSA) is 32.9 Å². The second kappa shape index (κ2) is 4.11. The second-order valence-electron chi connectivity index (χ2n) is 4.08. The fourth-order valence-corrected chi connectivity index (χ4v) is 2.03. The number of pyridine rings is 1. The summed E-state index contributed by atoms with van der Waals surface area (Å²) in [5.74, 6) is -0.390. The highest BCUT2D eigenvalue weighted by Crippen LogP contribution is 2.21. The van der Waals surface area contributed by atoms with E-state index >= 15 is 0 Å². The van der Waals surface area contributed by atoms with E-state index in [1.807, 2.05) is 24.3 Å². The minimum atomic E-state index is -0.390. The van der Waals surface area contributed by atoms with Gasteiger partial charge in [0.2, 0.25) is 0 Å². The summed E-state index contributed by atoms with van der Waals surface area (Å²) >= 11 is 0. The van der Waals surface area contributed by atoms with Crippen molar-refractivity contribution in [2.75, 3.05) is 0 Å². The number of H-pyrrole nitrogens is 1. The van der Waals surface area contributed by atoms with Crippen molar-refractivity contribution in [3.63, 3.8) is 0 Å². The third kappa shape index (κ3) is 1.70. The first kappa shape index (κ1) is 10.7. The van der Waals surface area contributed by atoms with Crippen molar-refractivity contribution in [1.29, 1.82) is 0 Å². The quantitative estimate of drug-likeness (QED) is 0.694. The van der Waals surface area contributed by atoms with Crippen LogP contribution in [0.15, 0.2) is 59.4 Å². The van der Waals surface area contributed by atoms with Crippen LogP contribution in [0.1, 0.15) is 0 Å². The Labute approximate surface area is 103 Å². The molecule has 0 aliphatic rings. The average Bonchev–Trinajstić information content (AvgIpc) is 2.39. The third-order valence-corrected chi connectivity index (χ3v) is 2.92. The zero-order valence-corrected chi connectivity index (χ0v) is 9.48. The maximum atomic E-state index is 13.7. The van der Waals surface area contributed by atoms with Crippen molar-refractivity contribution in [2.45, 2.75) is 0 Å². The summed E-state index contributed by atoms with van der Waals surface area (Å²) in [6.45, 7) is 0. The van der Waals surface area contributed by atoms with E-state index in [9.17, 15) is 9.18 Å². The molecule has 1 aromatic heterocycles. The van der Waals surface area contributed by atoms with Crippen molar-refractivity contribution < 1.29 is 4.39 Å². The third-order valence-electron chi connectivity index (χ3n) is 2.92. The van der Waals surface area contributed by atoms with Gasteiger partial charge < -0.3 is 4.98 Å². The molecule has 3 rings (SSSR count). The summed E-state index contributed by atoms with van der Waals surface area (Å²) in [6.07, 6.45) is 0. The Morgan fingerprint density at radius 2 is 1.61 bits per heavy atom. The van der Waals surface area contributed by atoms with Gasteiger partial charge in [0, 0.05) is 11.1 Å². The lowest BCUT2D eigenvalue weighted by molar-refractivity contribution is 0.631. The lowest BCUT2D eigenvalue weighted by Gasteiger charge is -2.04. The summed E-state index contributed by atoms with van der Waals surface area (Å²) in [6, 6.07) is 15.4. The van der Waals surface area contributed by atoms with Crippen molar-refractivity contribution >= 4 is 10.9 Å². The zero-order chi connectivity index (χ0) is 12.5. The van der Waals surface area contributed by atoms with E-state index in [4.69, 9.17) is 0 Å². The largest absolute Gasteiger partial charge is 0.321 e. The van der Waals surface area contributed by atoms with E-state index in [1.54, 1.807) is 24.3 Å². The van der Waals surface area contributed by atoms with E-state index in [0.29, 0.717) is 11.1 Å². The molecule has 0 saturated heterocycles. The monoisotopic (exact) mass is 239 g/mol. The molecule has 2 aromatic carbocycles. The molecule has 2 nitrogen and oxygen atoms in total. The Bertz CT molecular complexity index is 777. The Kier molecular flexibility index (Phi) is 2.45. The molecular formula is C15H10FNO. The van der Waals surface area contributed by atoms with E-state index in [1.165, 1.54) is 6.07 Å². The first-order valence-electron chi connectivity index (χ1n) is 5.63. The van der Waals surface area contributed by atoms with Gasteiger partial charge in [-0.05, 0) is 23.6 Å². The van der Waals surface area contributed by atoms with Gasteiger partial charge in [-0.25, -0.2) is 4.39 Å².